The van der Waals surface area contributed by atoms with E-state index in [0.29, 0.717) is 0 Å². The average Bonchev–Trinajstić information content (AvgIpc) is 2.47. The number of nitrogens with zero attached hydrogens (tertiary/aromatic N) is 1. The first kappa shape index (κ1) is 9.24. The Labute approximate surface area is 77.0 Å². The molecule has 1 heterocycles. The Hall–Kier alpha value is -0.850. The van der Waals surface area contributed by atoms with Gasteiger partial charge in [-0.15, -0.1) is 17.8 Å². The smallest absolute Gasteiger partial charge is 0.105 e. The summed E-state index contributed by atoms with van der Waals surface area (Å²) in [6.07, 6.45) is 7.21. The normalized spacial score (nSPS) is 12.4. The molecule has 2 nitrogen and oxygen atoms in total. The van der Waals surface area contributed by atoms with Crippen molar-refractivity contribution in [3.05, 3.63) is 16.1 Å². The second-order valence-corrected chi connectivity index (χ2v) is 3.71. The minimum atomic E-state index is 0.0289. The number of aryl methyl sites for hydroxylation is 1. The Bertz CT molecular complexity index is 285. The van der Waals surface area contributed by atoms with Gasteiger partial charge in [0.15, 0.2) is 0 Å². The predicted octanol–water partition coefficient (Wildman–Crippen LogP) is 1.74. The summed E-state index contributed by atoms with van der Waals surface area (Å²) in [6.45, 7) is 4.90. The van der Waals surface area contributed by atoms with Crippen molar-refractivity contribution < 1.29 is 0 Å². The van der Waals surface area contributed by atoms with Crippen molar-refractivity contribution in [1.82, 2.24) is 10.3 Å². The lowest BCUT2D eigenvalue weighted by Gasteiger charge is -2.07. The number of rotatable bonds is 3. The molecule has 1 rings (SSSR count). The first-order valence-electron chi connectivity index (χ1n) is 3.89. The van der Waals surface area contributed by atoms with Crippen LogP contribution in [0.15, 0.2) is 6.20 Å². The van der Waals surface area contributed by atoms with E-state index in [1.54, 1.807) is 11.3 Å². The maximum absolute atomic E-state index is 5.37. The molecule has 0 spiro atoms. The van der Waals surface area contributed by atoms with E-state index in [2.05, 4.69) is 16.2 Å². The SMILES string of the molecule is C#CC(NCC)c1cnc(C)s1. The highest BCUT2D eigenvalue weighted by molar-refractivity contribution is 7.11. The van der Waals surface area contributed by atoms with Crippen LogP contribution in [-0.2, 0) is 0 Å². The van der Waals surface area contributed by atoms with Crippen LogP contribution >= 0.6 is 11.3 Å². The van der Waals surface area contributed by atoms with Crippen LogP contribution in [0.4, 0.5) is 0 Å². The summed E-state index contributed by atoms with van der Waals surface area (Å²) in [6, 6.07) is 0.0289. The molecule has 1 unspecified atom stereocenters. The number of hydrogen-bond donors (Lipinski definition) is 1. The molecule has 0 aliphatic carbocycles. The fourth-order valence-electron chi connectivity index (χ4n) is 0.957. The topological polar surface area (TPSA) is 24.9 Å². The molecule has 64 valence electrons. The molecule has 0 aromatic carbocycles. The molecule has 0 aliphatic rings. The van der Waals surface area contributed by atoms with Gasteiger partial charge in [-0.1, -0.05) is 12.8 Å². The van der Waals surface area contributed by atoms with E-state index in [9.17, 15) is 0 Å². The van der Waals surface area contributed by atoms with Gasteiger partial charge >= 0.3 is 0 Å². The highest BCUT2D eigenvalue weighted by Crippen LogP contribution is 2.19. The van der Waals surface area contributed by atoms with Crippen LogP contribution in [0, 0.1) is 19.3 Å². The number of thiazole rings is 1. The fraction of sp³-hybridized carbons (Fsp3) is 0.444. The minimum Gasteiger partial charge on any atom is -0.300 e. The minimum absolute atomic E-state index is 0.0289. The van der Waals surface area contributed by atoms with E-state index in [-0.39, 0.29) is 6.04 Å². The zero-order valence-electron chi connectivity index (χ0n) is 7.29. The van der Waals surface area contributed by atoms with Crippen LogP contribution in [0.25, 0.3) is 0 Å². The van der Waals surface area contributed by atoms with Gasteiger partial charge in [0.05, 0.1) is 9.88 Å². The van der Waals surface area contributed by atoms with Gasteiger partial charge in [0.25, 0.3) is 0 Å². The van der Waals surface area contributed by atoms with Crippen molar-refractivity contribution in [2.45, 2.75) is 19.9 Å². The molecule has 0 saturated heterocycles. The maximum atomic E-state index is 5.37. The van der Waals surface area contributed by atoms with Gasteiger partial charge in [0.2, 0.25) is 0 Å². The second kappa shape index (κ2) is 4.24. The van der Waals surface area contributed by atoms with Gasteiger partial charge in [0.1, 0.15) is 6.04 Å². The quantitative estimate of drug-likeness (QED) is 0.717. The first-order chi connectivity index (χ1) is 5.77. The van der Waals surface area contributed by atoms with Gasteiger partial charge in [-0.2, -0.15) is 0 Å². The molecule has 1 atom stereocenters. The molecular weight excluding hydrogens is 168 g/mol. The molecule has 0 saturated carbocycles. The molecule has 1 N–H and O–H groups in total. The molecule has 1 aromatic rings. The van der Waals surface area contributed by atoms with Crippen LogP contribution in [0.1, 0.15) is 22.9 Å². The lowest BCUT2D eigenvalue weighted by molar-refractivity contribution is 0.673. The van der Waals surface area contributed by atoms with E-state index in [4.69, 9.17) is 6.42 Å². The summed E-state index contributed by atoms with van der Waals surface area (Å²) in [5, 5.41) is 4.25. The Morgan fingerprint density at radius 1 is 1.83 bits per heavy atom. The molecule has 0 fully saturated rings. The van der Waals surface area contributed by atoms with Crippen LogP contribution in [-0.4, -0.2) is 11.5 Å². The zero-order chi connectivity index (χ0) is 8.97. The van der Waals surface area contributed by atoms with Gasteiger partial charge in [0, 0.05) is 6.20 Å². The molecule has 0 amide bonds. The first-order valence-corrected chi connectivity index (χ1v) is 4.71. The molecule has 3 heteroatoms. The third-order valence-electron chi connectivity index (χ3n) is 1.50. The van der Waals surface area contributed by atoms with Gasteiger partial charge < -0.3 is 0 Å². The molecule has 0 aliphatic heterocycles. The van der Waals surface area contributed by atoms with E-state index in [0.717, 1.165) is 16.4 Å². The summed E-state index contributed by atoms with van der Waals surface area (Å²) in [7, 11) is 0. The summed E-state index contributed by atoms with van der Waals surface area (Å²) in [5.74, 6) is 2.69. The van der Waals surface area contributed by atoms with Gasteiger partial charge in [-0.05, 0) is 13.5 Å². The second-order valence-electron chi connectivity index (χ2n) is 2.44. The number of nitrogens with one attached hydrogen (secondary N) is 1. The lowest BCUT2D eigenvalue weighted by Crippen LogP contribution is -2.17. The third kappa shape index (κ3) is 2.07. The summed E-state index contributed by atoms with van der Waals surface area (Å²) < 4.78 is 0. The molecule has 1 aromatic heterocycles. The third-order valence-corrected chi connectivity index (χ3v) is 2.48. The maximum Gasteiger partial charge on any atom is 0.105 e. The Morgan fingerprint density at radius 2 is 2.58 bits per heavy atom. The van der Waals surface area contributed by atoms with E-state index >= 15 is 0 Å². The Balaban J connectivity index is 2.74. The van der Waals surface area contributed by atoms with Gasteiger partial charge in [-0.3, -0.25) is 5.32 Å². The van der Waals surface area contributed by atoms with Crippen LogP contribution < -0.4 is 5.32 Å². The largest absolute Gasteiger partial charge is 0.300 e. The van der Waals surface area contributed by atoms with Crippen molar-refractivity contribution in [3.8, 4) is 12.3 Å². The van der Waals surface area contributed by atoms with Gasteiger partial charge in [-0.25, -0.2) is 4.98 Å². The van der Waals surface area contributed by atoms with Crippen molar-refractivity contribution in [3.63, 3.8) is 0 Å². The Morgan fingerprint density at radius 3 is 3.00 bits per heavy atom. The molecule has 12 heavy (non-hydrogen) atoms. The van der Waals surface area contributed by atoms with E-state index < -0.39 is 0 Å². The molecule has 0 radical (unpaired) electrons. The van der Waals surface area contributed by atoms with E-state index in [1.165, 1.54) is 0 Å². The van der Waals surface area contributed by atoms with Crippen molar-refractivity contribution in [1.29, 1.82) is 0 Å². The standard InChI is InChI=1S/C9H12N2S/c1-4-8(10-5-2)9-6-11-7(3)12-9/h1,6,8,10H,5H2,2-3H3. The van der Waals surface area contributed by atoms with Crippen molar-refractivity contribution >= 4 is 11.3 Å². The monoisotopic (exact) mass is 180 g/mol. The summed E-state index contributed by atoms with van der Waals surface area (Å²) in [5.41, 5.74) is 0. The number of hydrogen-bond acceptors (Lipinski definition) is 3. The number of aromatic nitrogens is 1. The summed E-state index contributed by atoms with van der Waals surface area (Å²) in [4.78, 5) is 5.27. The van der Waals surface area contributed by atoms with Crippen LogP contribution in [0.3, 0.4) is 0 Å². The molecular formula is C9H12N2S. The van der Waals surface area contributed by atoms with Crippen molar-refractivity contribution in [2.75, 3.05) is 6.54 Å². The average molecular weight is 180 g/mol. The lowest BCUT2D eigenvalue weighted by atomic mass is 10.3. The van der Waals surface area contributed by atoms with Crippen LogP contribution in [0.2, 0.25) is 0 Å². The molecule has 0 bridgehead atoms. The van der Waals surface area contributed by atoms with Crippen LogP contribution in [0.5, 0.6) is 0 Å². The summed E-state index contributed by atoms with van der Waals surface area (Å²) >= 11 is 1.64. The highest BCUT2D eigenvalue weighted by atomic mass is 32.1. The Kier molecular flexibility index (Phi) is 3.27. The zero-order valence-corrected chi connectivity index (χ0v) is 8.11. The van der Waals surface area contributed by atoms with E-state index in [1.807, 2.05) is 20.0 Å². The fourth-order valence-corrected chi connectivity index (χ4v) is 1.78. The van der Waals surface area contributed by atoms with Crippen molar-refractivity contribution in [2.24, 2.45) is 0 Å². The number of terminal acetylenes is 1. The highest BCUT2D eigenvalue weighted by Gasteiger charge is 2.08. The predicted molar refractivity (Wildman–Crippen MR) is 52.1 cm³/mol.